The second-order valence-corrected chi connectivity index (χ2v) is 9.36. The molecule has 0 bridgehead atoms. The van der Waals surface area contributed by atoms with Crippen LogP contribution in [0.5, 0.6) is 0 Å². The van der Waals surface area contributed by atoms with E-state index in [4.69, 9.17) is 9.05 Å². The van der Waals surface area contributed by atoms with Crippen molar-refractivity contribution in [3.63, 3.8) is 0 Å². The van der Waals surface area contributed by atoms with Crippen molar-refractivity contribution >= 4 is 0 Å². The fraction of sp³-hybridized carbons (Fsp3) is 0.370. The number of rotatable bonds is 8. The molecule has 2 unspecified atom stereocenters. The van der Waals surface area contributed by atoms with Crippen LogP contribution in [-0.2, 0) is 6.18 Å². The Morgan fingerprint density at radius 1 is 0.974 bits per heavy atom. The smallest absolute Gasteiger partial charge is 0.396 e. The molecule has 0 amide bonds. The van der Waals surface area contributed by atoms with Crippen molar-refractivity contribution in [3.8, 4) is 34.3 Å². The molecule has 200 valence electrons. The summed E-state index contributed by atoms with van der Waals surface area (Å²) >= 11 is 0. The summed E-state index contributed by atoms with van der Waals surface area (Å²) in [7, 11) is 0. The van der Waals surface area contributed by atoms with Crippen molar-refractivity contribution in [2.75, 3.05) is 26.3 Å². The molecule has 0 aliphatic carbocycles. The van der Waals surface area contributed by atoms with Crippen LogP contribution in [0.15, 0.2) is 63.6 Å². The van der Waals surface area contributed by atoms with Crippen LogP contribution in [0.4, 0.5) is 13.2 Å². The molecule has 5 rings (SSSR count). The Morgan fingerprint density at radius 2 is 1.74 bits per heavy atom. The number of nitrogens with zero attached hydrogens (tertiary/aromatic N) is 4. The molecule has 4 aromatic rings. The normalized spacial score (nSPS) is 17.6. The Bertz CT molecular complexity index is 1340. The molecule has 2 atom stereocenters. The van der Waals surface area contributed by atoms with Crippen LogP contribution >= 0.6 is 0 Å². The summed E-state index contributed by atoms with van der Waals surface area (Å²) in [5.41, 5.74) is 0.243. The number of alkyl halides is 3. The zero-order chi connectivity index (χ0) is 26.7. The minimum absolute atomic E-state index is 0.0625. The molecule has 38 heavy (non-hydrogen) atoms. The second-order valence-electron chi connectivity index (χ2n) is 9.36. The Balaban J connectivity index is 1.39. The lowest BCUT2D eigenvalue weighted by Crippen LogP contribution is -2.39. The molecular formula is C27H27F3N4O4. The van der Waals surface area contributed by atoms with Gasteiger partial charge >= 0.3 is 6.18 Å². The van der Waals surface area contributed by atoms with Crippen molar-refractivity contribution in [2.24, 2.45) is 5.92 Å². The van der Waals surface area contributed by atoms with Crippen LogP contribution in [0.2, 0.25) is 0 Å². The van der Waals surface area contributed by atoms with E-state index in [9.17, 15) is 23.4 Å². The van der Waals surface area contributed by atoms with E-state index in [0.29, 0.717) is 11.5 Å². The molecule has 8 nitrogen and oxygen atoms in total. The highest BCUT2D eigenvalue weighted by Crippen LogP contribution is 2.43. The molecule has 1 saturated heterocycles. The van der Waals surface area contributed by atoms with E-state index in [1.165, 1.54) is 12.1 Å². The maximum atomic E-state index is 14.0. The molecule has 11 heteroatoms. The zero-order valence-electron chi connectivity index (χ0n) is 20.4. The monoisotopic (exact) mass is 528 g/mol. The van der Waals surface area contributed by atoms with Crippen LogP contribution in [0, 0.1) is 5.92 Å². The van der Waals surface area contributed by atoms with Crippen LogP contribution in [0.25, 0.3) is 34.3 Å². The number of aromatic nitrogens is 3. The highest BCUT2D eigenvalue weighted by atomic mass is 19.4. The predicted molar refractivity (Wildman–Crippen MR) is 131 cm³/mol. The summed E-state index contributed by atoms with van der Waals surface area (Å²) in [6.07, 6.45) is -1.97. The van der Waals surface area contributed by atoms with E-state index < -0.39 is 23.4 Å². The Kier molecular flexibility index (Phi) is 7.59. The predicted octanol–water partition coefficient (Wildman–Crippen LogP) is 5.21. The number of hydrogen-bond acceptors (Lipinski definition) is 8. The van der Waals surface area contributed by atoms with Gasteiger partial charge in [0.1, 0.15) is 11.3 Å². The summed E-state index contributed by atoms with van der Waals surface area (Å²) in [6, 6.07) is 14.9. The molecule has 0 saturated carbocycles. The summed E-state index contributed by atoms with van der Waals surface area (Å²) in [4.78, 5) is 6.37. The number of aliphatic hydroxyl groups excluding tert-OH is 2. The number of halogens is 3. The van der Waals surface area contributed by atoms with Crippen molar-refractivity contribution < 1.29 is 32.4 Å². The van der Waals surface area contributed by atoms with E-state index in [1.807, 2.05) is 12.1 Å². The van der Waals surface area contributed by atoms with Crippen LogP contribution in [0.1, 0.15) is 36.4 Å². The van der Waals surface area contributed by atoms with Crippen molar-refractivity contribution in [1.29, 1.82) is 0 Å². The Morgan fingerprint density at radius 3 is 2.42 bits per heavy atom. The van der Waals surface area contributed by atoms with Crippen LogP contribution < -0.4 is 0 Å². The maximum absolute atomic E-state index is 14.0. The summed E-state index contributed by atoms with van der Waals surface area (Å²) < 4.78 is 52.2. The molecule has 1 aliphatic rings. The van der Waals surface area contributed by atoms with Gasteiger partial charge in [-0.15, -0.1) is 0 Å². The minimum Gasteiger partial charge on any atom is -0.396 e. The Labute approximate surface area is 216 Å². The lowest BCUT2D eigenvalue weighted by atomic mass is 9.92. The third-order valence-electron chi connectivity index (χ3n) is 6.90. The lowest BCUT2D eigenvalue weighted by molar-refractivity contribution is -0.136. The SMILES string of the molecule is OCCC1CCCN(C(CO)c2ccc(-c3noc(-c4onc(-c5ccccc5)c4C(F)(F)F)n3)cc2)C1. The number of piperidine rings is 1. The second kappa shape index (κ2) is 11.1. The first-order chi connectivity index (χ1) is 18.4. The number of benzene rings is 2. The van der Waals surface area contributed by atoms with E-state index in [2.05, 4.69) is 20.2 Å². The third-order valence-corrected chi connectivity index (χ3v) is 6.90. The molecule has 0 radical (unpaired) electrons. The maximum Gasteiger partial charge on any atom is 0.422 e. The van der Waals surface area contributed by atoms with Gasteiger partial charge in [0, 0.05) is 24.3 Å². The fourth-order valence-corrected chi connectivity index (χ4v) is 5.01. The van der Waals surface area contributed by atoms with E-state index in [-0.39, 0.29) is 36.3 Å². The van der Waals surface area contributed by atoms with Gasteiger partial charge in [0.05, 0.1) is 12.6 Å². The van der Waals surface area contributed by atoms with Gasteiger partial charge in [0.2, 0.25) is 11.6 Å². The van der Waals surface area contributed by atoms with Gasteiger partial charge < -0.3 is 19.3 Å². The first kappa shape index (κ1) is 26.1. The van der Waals surface area contributed by atoms with Gasteiger partial charge in [-0.25, -0.2) is 0 Å². The quantitative estimate of drug-likeness (QED) is 0.321. The largest absolute Gasteiger partial charge is 0.422 e. The third kappa shape index (κ3) is 5.35. The molecule has 1 fully saturated rings. The highest BCUT2D eigenvalue weighted by Gasteiger charge is 2.43. The van der Waals surface area contributed by atoms with Gasteiger partial charge in [0.25, 0.3) is 5.89 Å². The number of likely N-dealkylation sites (tertiary alicyclic amines) is 1. The van der Waals surface area contributed by atoms with Crippen molar-refractivity contribution in [1.82, 2.24) is 20.2 Å². The lowest BCUT2D eigenvalue weighted by Gasteiger charge is -2.37. The van der Waals surface area contributed by atoms with E-state index in [0.717, 1.165) is 37.9 Å². The van der Waals surface area contributed by atoms with Crippen LogP contribution in [-0.4, -0.2) is 56.7 Å². The molecule has 3 heterocycles. The molecule has 2 aromatic carbocycles. The fourth-order valence-electron chi connectivity index (χ4n) is 5.01. The standard InChI is InChI=1S/C27H27F3N4O4/c28-27(29,30)22-23(19-6-2-1-3-7-19)32-37-24(22)26-31-25(33-38-26)20-10-8-18(9-11-20)21(16-36)34-13-4-5-17(15-34)12-14-35/h1-3,6-11,17,21,35-36H,4-5,12-16H2. The van der Waals surface area contributed by atoms with Gasteiger partial charge in [-0.2, -0.15) is 18.2 Å². The van der Waals surface area contributed by atoms with Gasteiger partial charge in [-0.3, -0.25) is 4.90 Å². The average molecular weight is 529 g/mol. The van der Waals surface area contributed by atoms with E-state index >= 15 is 0 Å². The van der Waals surface area contributed by atoms with E-state index in [1.54, 1.807) is 30.3 Å². The first-order valence-corrected chi connectivity index (χ1v) is 12.4. The van der Waals surface area contributed by atoms with Crippen molar-refractivity contribution in [3.05, 3.63) is 65.7 Å². The Hall–Kier alpha value is -3.54. The number of hydrogen-bond donors (Lipinski definition) is 2. The zero-order valence-corrected chi connectivity index (χ0v) is 20.4. The number of aliphatic hydroxyl groups is 2. The topological polar surface area (TPSA) is 109 Å². The molecule has 2 aromatic heterocycles. The molecule has 0 spiro atoms. The molecule has 1 aliphatic heterocycles. The summed E-state index contributed by atoms with van der Waals surface area (Å²) in [6.45, 7) is 1.74. The molecule has 2 N–H and O–H groups in total. The van der Waals surface area contributed by atoms with Gasteiger partial charge in [0.15, 0.2) is 0 Å². The minimum atomic E-state index is -4.76. The first-order valence-electron chi connectivity index (χ1n) is 12.4. The van der Waals surface area contributed by atoms with Gasteiger partial charge in [-0.05, 0) is 37.3 Å². The highest BCUT2D eigenvalue weighted by molar-refractivity contribution is 5.71. The summed E-state index contributed by atoms with van der Waals surface area (Å²) in [5.74, 6) is -0.587. The summed E-state index contributed by atoms with van der Waals surface area (Å²) in [5, 5.41) is 26.9. The van der Waals surface area contributed by atoms with Gasteiger partial charge in [-0.1, -0.05) is 64.9 Å². The molecular weight excluding hydrogens is 501 g/mol. The van der Waals surface area contributed by atoms with Crippen LogP contribution in [0.3, 0.4) is 0 Å². The average Bonchev–Trinajstić information content (AvgIpc) is 3.58. The van der Waals surface area contributed by atoms with Crippen molar-refractivity contribution in [2.45, 2.75) is 31.5 Å².